The number of Topliss-reactive ketones (excluding diaryl/α,β-unsaturated/α-hetero) is 4. The molecule has 0 unspecified atom stereocenters. The van der Waals surface area contributed by atoms with Gasteiger partial charge in [-0.2, -0.15) is 0 Å². The van der Waals surface area contributed by atoms with Gasteiger partial charge in [0.2, 0.25) is 5.78 Å². The van der Waals surface area contributed by atoms with E-state index >= 15 is 0 Å². The zero-order valence-corrected chi connectivity index (χ0v) is 17.5. The first-order valence-corrected chi connectivity index (χ1v) is 10.4. The van der Waals surface area contributed by atoms with Crippen LogP contribution in [0.1, 0.15) is 54.3 Å². The maximum atomic E-state index is 13.8. The minimum Gasteiger partial charge on any atom is -0.396 e. The van der Waals surface area contributed by atoms with Crippen molar-refractivity contribution in [3.8, 4) is 0 Å². The first-order valence-electron chi connectivity index (χ1n) is 10.4. The predicted octanol–water partition coefficient (Wildman–Crippen LogP) is 2.19. The second-order valence-electron chi connectivity index (χ2n) is 7.63. The summed E-state index contributed by atoms with van der Waals surface area (Å²) in [5.41, 5.74) is -0.710. The highest BCUT2D eigenvalue weighted by Crippen LogP contribution is 2.38. The molecule has 2 aliphatic rings. The van der Waals surface area contributed by atoms with Gasteiger partial charge in [0, 0.05) is 46.6 Å². The summed E-state index contributed by atoms with van der Waals surface area (Å²) in [7, 11) is 0. The van der Waals surface area contributed by atoms with Crippen LogP contribution in [0.3, 0.4) is 0 Å². The summed E-state index contributed by atoms with van der Waals surface area (Å²) in [4.78, 5) is 53.7. The van der Waals surface area contributed by atoms with Crippen LogP contribution in [-0.4, -0.2) is 53.1 Å². The topological polar surface area (TPSA) is 121 Å². The summed E-state index contributed by atoms with van der Waals surface area (Å²) < 4.78 is 13.8. The third-order valence-electron chi connectivity index (χ3n) is 5.64. The minimum atomic E-state index is -0.692. The molecule has 7 nitrogen and oxygen atoms in total. The predicted molar refractivity (Wildman–Crippen MR) is 116 cm³/mol. The van der Waals surface area contributed by atoms with Crippen molar-refractivity contribution >= 4 is 23.1 Å². The van der Waals surface area contributed by atoms with Crippen molar-refractivity contribution in [1.82, 2.24) is 5.32 Å². The van der Waals surface area contributed by atoms with Gasteiger partial charge in [-0.25, -0.2) is 4.39 Å². The van der Waals surface area contributed by atoms with Gasteiger partial charge in [0.05, 0.1) is 17.9 Å². The van der Waals surface area contributed by atoms with E-state index in [1.165, 1.54) is 18.2 Å². The van der Waals surface area contributed by atoms with Gasteiger partial charge in [0.1, 0.15) is 5.82 Å². The molecule has 0 fully saturated rings. The molecule has 0 amide bonds. The molecule has 168 valence electrons. The van der Waals surface area contributed by atoms with E-state index in [1.54, 1.807) is 12.1 Å². The lowest BCUT2D eigenvalue weighted by Crippen LogP contribution is -2.35. The largest absolute Gasteiger partial charge is 0.396 e. The van der Waals surface area contributed by atoms with Crippen LogP contribution >= 0.6 is 0 Å². The van der Waals surface area contributed by atoms with Crippen LogP contribution in [0.4, 0.5) is 4.39 Å². The van der Waals surface area contributed by atoms with E-state index in [9.17, 15) is 33.8 Å². The van der Waals surface area contributed by atoms with Crippen LogP contribution in [-0.2, 0) is 0 Å². The van der Waals surface area contributed by atoms with Crippen molar-refractivity contribution in [3.05, 3.63) is 93.0 Å². The fourth-order valence-electron chi connectivity index (χ4n) is 4.17. The standard InChI is InChI=1S/C25H20FNO6/c26-13-7-8-16-18(12-13)22(30)17(6-3-10-28)19(23(16)31)20-21(27-9-11-29)25(33)15-5-2-1-4-14(15)24(20)32/h1-2,4-5,7-8,12,27-29H,3,6,9-11H2. The van der Waals surface area contributed by atoms with Gasteiger partial charge < -0.3 is 15.5 Å². The number of allylic oxidation sites excluding steroid dienone is 4. The third-order valence-corrected chi connectivity index (χ3v) is 5.64. The molecule has 0 saturated heterocycles. The average molecular weight is 449 g/mol. The van der Waals surface area contributed by atoms with Gasteiger partial charge in [-0.15, -0.1) is 0 Å². The van der Waals surface area contributed by atoms with Crippen molar-refractivity contribution in [2.75, 3.05) is 19.8 Å². The monoisotopic (exact) mass is 449 g/mol. The highest BCUT2D eigenvalue weighted by Gasteiger charge is 2.41. The molecule has 2 aliphatic carbocycles. The van der Waals surface area contributed by atoms with Crippen LogP contribution in [0, 0.1) is 5.82 Å². The van der Waals surface area contributed by atoms with Crippen molar-refractivity contribution < 1.29 is 33.8 Å². The maximum Gasteiger partial charge on any atom is 0.210 e. The Bertz CT molecular complexity index is 1270. The Labute approximate surface area is 188 Å². The summed E-state index contributed by atoms with van der Waals surface area (Å²) in [5.74, 6) is -3.18. The summed E-state index contributed by atoms with van der Waals surface area (Å²) in [6.45, 7) is -0.687. The number of carbonyl (C=O) groups excluding carboxylic acids is 4. The van der Waals surface area contributed by atoms with Crippen molar-refractivity contribution in [3.63, 3.8) is 0 Å². The third kappa shape index (κ3) is 3.73. The molecule has 4 rings (SSSR count). The lowest BCUT2D eigenvalue weighted by molar-refractivity contribution is 0.0947. The first kappa shape index (κ1) is 22.4. The van der Waals surface area contributed by atoms with Crippen LogP contribution < -0.4 is 5.32 Å². The number of fused-ring (bicyclic) bond motifs is 2. The lowest BCUT2D eigenvalue weighted by Gasteiger charge is -2.27. The molecule has 33 heavy (non-hydrogen) atoms. The second-order valence-corrected chi connectivity index (χ2v) is 7.63. The van der Waals surface area contributed by atoms with E-state index in [0.717, 1.165) is 12.1 Å². The molecular weight excluding hydrogens is 429 g/mol. The normalized spacial score (nSPS) is 15.7. The van der Waals surface area contributed by atoms with E-state index in [2.05, 4.69) is 5.32 Å². The number of hydrogen-bond acceptors (Lipinski definition) is 7. The molecule has 2 aromatic carbocycles. The van der Waals surface area contributed by atoms with Crippen molar-refractivity contribution in [2.24, 2.45) is 0 Å². The summed E-state index contributed by atoms with van der Waals surface area (Å²) in [5, 5.41) is 21.3. The molecule has 0 aliphatic heterocycles. The fourth-order valence-corrected chi connectivity index (χ4v) is 4.17. The lowest BCUT2D eigenvalue weighted by atomic mass is 9.74. The summed E-state index contributed by atoms with van der Waals surface area (Å²) in [6, 6.07) is 9.32. The smallest absolute Gasteiger partial charge is 0.210 e. The second kappa shape index (κ2) is 9.01. The molecule has 8 heteroatoms. The van der Waals surface area contributed by atoms with E-state index in [1.807, 2.05) is 0 Å². The Morgan fingerprint density at radius 2 is 1.36 bits per heavy atom. The van der Waals surface area contributed by atoms with E-state index in [4.69, 9.17) is 0 Å². The van der Waals surface area contributed by atoms with Crippen molar-refractivity contribution in [1.29, 1.82) is 0 Å². The Morgan fingerprint density at radius 3 is 2.03 bits per heavy atom. The number of halogens is 1. The van der Waals surface area contributed by atoms with Gasteiger partial charge in [-0.05, 0) is 31.0 Å². The Hall–Kier alpha value is -3.75. The average Bonchev–Trinajstić information content (AvgIpc) is 2.82. The number of aliphatic hydroxyl groups excluding tert-OH is 2. The van der Waals surface area contributed by atoms with Gasteiger partial charge >= 0.3 is 0 Å². The maximum absolute atomic E-state index is 13.8. The van der Waals surface area contributed by atoms with Gasteiger partial charge in [0.25, 0.3) is 0 Å². The van der Waals surface area contributed by atoms with E-state index in [0.29, 0.717) is 0 Å². The Kier molecular flexibility index (Phi) is 6.13. The summed E-state index contributed by atoms with van der Waals surface area (Å²) in [6.07, 6.45) is 0.0696. The van der Waals surface area contributed by atoms with Crippen LogP contribution in [0.2, 0.25) is 0 Å². The van der Waals surface area contributed by atoms with Gasteiger partial charge in [0.15, 0.2) is 17.3 Å². The molecule has 0 atom stereocenters. The Balaban J connectivity index is 2.01. The summed E-state index contributed by atoms with van der Waals surface area (Å²) >= 11 is 0. The molecule has 0 aromatic heterocycles. The molecule has 0 heterocycles. The zero-order chi connectivity index (χ0) is 23.7. The molecular formula is C25H20FNO6. The molecule has 0 saturated carbocycles. The van der Waals surface area contributed by atoms with Crippen LogP contribution in [0.15, 0.2) is 64.9 Å². The molecule has 0 radical (unpaired) electrons. The van der Waals surface area contributed by atoms with Gasteiger partial charge in [-0.1, -0.05) is 24.3 Å². The number of ketones is 4. The molecule has 0 spiro atoms. The SMILES string of the molecule is O=C1C(CCCO)=C(C2=C(NCCO)C(=O)c3ccccc3C2=O)C(=O)c2ccc(F)cc21. The molecule has 3 N–H and O–H groups in total. The zero-order valence-electron chi connectivity index (χ0n) is 17.5. The van der Waals surface area contributed by atoms with E-state index < -0.39 is 29.0 Å². The number of nitrogens with one attached hydrogen (secondary N) is 1. The number of aliphatic hydroxyl groups is 2. The minimum absolute atomic E-state index is 0.0493. The highest BCUT2D eigenvalue weighted by molar-refractivity contribution is 6.36. The van der Waals surface area contributed by atoms with Crippen molar-refractivity contribution in [2.45, 2.75) is 12.8 Å². The number of hydrogen-bond donors (Lipinski definition) is 3. The quantitative estimate of drug-likeness (QED) is 0.593. The fraction of sp³-hybridized carbons (Fsp3) is 0.200. The number of rotatable bonds is 7. The van der Waals surface area contributed by atoms with E-state index in [-0.39, 0.29) is 77.3 Å². The highest BCUT2D eigenvalue weighted by atomic mass is 19.1. The molecule has 0 bridgehead atoms. The van der Waals surface area contributed by atoms with Crippen LogP contribution in [0.25, 0.3) is 0 Å². The number of benzene rings is 2. The first-order chi connectivity index (χ1) is 15.9. The Morgan fingerprint density at radius 1 is 0.727 bits per heavy atom. The van der Waals surface area contributed by atoms with Gasteiger partial charge in [-0.3, -0.25) is 19.2 Å². The van der Waals surface area contributed by atoms with Crippen LogP contribution in [0.5, 0.6) is 0 Å². The molecule has 2 aromatic rings. The number of carbonyl (C=O) groups is 4.